The highest BCUT2D eigenvalue weighted by Crippen LogP contribution is 2.09. The largest absolute Gasteiger partial charge is 0.459 e. The van der Waals surface area contributed by atoms with Crippen molar-refractivity contribution in [1.82, 2.24) is 0 Å². The van der Waals surface area contributed by atoms with Crippen LogP contribution in [-0.2, 0) is 19.4 Å². The lowest BCUT2D eigenvalue weighted by molar-refractivity contribution is -0.156. The van der Waals surface area contributed by atoms with Crippen LogP contribution in [0.5, 0.6) is 0 Å². The SMILES string of the molecule is CC(C)(C)OC(=O)[C@@H](N)CCS(C)(=O)=O. The van der Waals surface area contributed by atoms with Crippen LogP contribution in [0, 0.1) is 0 Å². The first-order valence-electron chi connectivity index (χ1n) is 4.67. The number of carbonyl (C=O) groups is 1. The summed E-state index contributed by atoms with van der Waals surface area (Å²) in [6.07, 6.45) is 1.20. The fourth-order valence-electron chi connectivity index (χ4n) is 0.836. The Morgan fingerprint density at radius 2 is 1.87 bits per heavy atom. The Hall–Kier alpha value is -0.620. The van der Waals surface area contributed by atoms with Crippen molar-refractivity contribution in [1.29, 1.82) is 0 Å². The van der Waals surface area contributed by atoms with Gasteiger partial charge in [0, 0.05) is 6.26 Å². The number of esters is 1. The maximum absolute atomic E-state index is 11.3. The fourth-order valence-corrected chi connectivity index (χ4v) is 1.52. The monoisotopic (exact) mass is 237 g/mol. The van der Waals surface area contributed by atoms with E-state index in [4.69, 9.17) is 10.5 Å². The van der Waals surface area contributed by atoms with Gasteiger partial charge >= 0.3 is 5.97 Å². The normalized spacial score (nSPS) is 14.7. The van der Waals surface area contributed by atoms with Crippen LogP contribution in [0.3, 0.4) is 0 Å². The highest BCUT2D eigenvalue weighted by molar-refractivity contribution is 7.90. The van der Waals surface area contributed by atoms with Gasteiger partial charge in [0.15, 0.2) is 0 Å². The maximum Gasteiger partial charge on any atom is 0.323 e. The first kappa shape index (κ1) is 14.4. The third-order valence-electron chi connectivity index (χ3n) is 1.51. The van der Waals surface area contributed by atoms with Crippen molar-refractivity contribution in [2.45, 2.75) is 38.8 Å². The zero-order valence-corrected chi connectivity index (χ0v) is 10.4. The van der Waals surface area contributed by atoms with Crippen LogP contribution < -0.4 is 5.73 Å². The molecular weight excluding hydrogens is 218 g/mol. The molecule has 0 bridgehead atoms. The van der Waals surface area contributed by atoms with Crippen LogP contribution >= 0.6 is 0 Å². The molecule has 0 aromatic rings. The number of hydrogen-bond donors (Lipinski definition) is 1. The minimum absolute atomic E-state index is 0.0910. The quantitative estimate of drug-likeness (QED) is 0.700. The molecule has 5 nitrogen and oxygen atoms in total. The van der Waals surface area contributed by atoms with Gasteiger partial charge in [0.1, 0.15) is 21.5 Å². The van der Waals surface area contributed by atoms with E-state index >= 15 is 0 Å². The molecular formula is C9H19NO4S. The van der Waals surface area contributed by atoms with Crippen molar-refractivity contribution < 1.29 is 17.9 Å². The maximum atomic E-state index is 11.3. The predicted octanol–water partition coefficient (Wildman–Crippen LogP) is 0.0901. The second-order valence-corrected chi connectivity index (χ2v) is 6.82. The number of carbonyl (C=O) groups excluding carboxylic acids is 1. The molecule has 0 unspecified atom stereocenters. The third kappa shape index (κ3) is 8.38. The van der Waals surface area contributed by atoms with Crippen LogP contribution in [0.15, 0.2) is 0 Å². The Morgan fingerprint density at radius 3 is 2.20 bits per heavy atom. The molecule has 0 aliphatic rings. The van der Waals surface area contributed by atoms with E-state index in [2.05, 4.69) is 0 Å². The summed E-state index contributed by atoms with van der Waals surface area (Å²) in [7, 11) is -3.08. The summed E-state index contributed by atoms with van der Waals surface area (Å²) in [5, 5.41) is 0. The molecule has 2 N–H and O–H groups in total. The van der Waals surface area contributed by atoms with Gasteiger partial charge in [-0.2, -0.15) is 0 Å². The minimum atomic E-state index is -3.08. The lowest BCUT2D eigenvalue weighted by atomic mass is 10.2. The standard InChI is InChI=1S/C9H19NO4S/c1-9(2,3)14-8(11)7(10)5-6-15(4,12)13/h7H,5-6,10H2,1-4H3/t7-/m0/s1. The van der Waals surface area contributed by atoms with E-state index in [-0.39, 0.29) is 12.2 Å². The molecule has 0 heterocycles. The second kappa shape index (κ2) is 4.94. The van der Waals surface area contributed by atoms with Crippen LogP contribution in [-0.4, -0.2) is 38.0 Å². The lowest BCUT2D eigenvalue weighted by Gasteiger charge is -2.21. The van der Waals surface area contributed by atoms with Gasteiger partial charge in [-0.25, -0.2) is 8.42 Å². The van der Waals surface area contributed by atoms with E-state index in [1.165, 1.54) is 0 Å². The molecule has 0 saturated heterocycles. The molecule has 0 radical (unpaired) electrons. The van der Waals surface area contributed by atoms with Crippen LogP contribution in [0.4, 0.5) is 0 Å². The van der Waals surface area contributed by atoms with Crippen LogP contribution in [0.1, 0.15) is 27.2 Å². The molecule has 0 saturated carbocycles. The summed E-state index contributed by atoms with van der Waals surface area (Å²) in [5.74, 6) is -0.668. The second-order valence-electron chi connectivity index (χ2n) is 4.56. The lowest BCUT2D eigenvalue weighted by Crippen LogP contribution is -2.38. The summed E-state index contributed by atoms with van der Waals surface area (Å²) < 4.78 is 26.7. The van der Waals surface area contributed by atoms with Gasteiger partial charge in [0.05, 0.1) is 5.75 Å². The molecule has 0 aliphatic carbocycles. The molecule has 0 aromatic heterocycles. The first-order chi connectivity index (χ1) is 6.51. The van der Waals surface area contributed by atoms with E-state index in [0.29, 0.717) is 0 Å². The van der Waals surface area contributed by atoms with E-state index in [1.807, 2.05) is 0 Å². The Balaban J connectivity index is 4.12. The number of ether oxygens (including phenoxy) is 1. The molecule has 15 heavy (non-hydrogen) atoms. The molecule has 0 amide bonds. The third-order valence-corrected chi connectivity index (χ3v) is 2.49. The zero-order chi connectivity index (χ0) is 12.3. The molecule has 90 valence electrons. The predicted molar refractivity (Wildman–Crippen MR) is 58.1 cm³/mol. The summed E-state index contributed by atoms with van der Waals surface area (Å²) in [6.45, 7) is 5.19. The van der Waals surface area contributed by atoms with Gasteiger partial charge in [-0.3, -0.25) is 4.79 Å². The van der Waals surface area contributed by atoms with Gasteiger partial charge in [0.25, 0.3) is 0 Å². The molecule has 6 heteroatoms. The smallest absolute Gasteiger partial charge is 0.323 e. The van der Waals surface area contributed by atoms with Crippen LogP contribution in [0.2, 0.25) is 0 Å². The highest BCUT2D eigenvalue weighted by Gasteiger charge is 2.22. The summed E-state index contributed by atoms with van der Waals surface area (Å²) >= 11 is 0. The van der Waals surface area contributed by atoms with Crippen molar-refractivity contribution in [3.8, 4) is 0 Å². The number of sulfone groups is 1. The van der Waals surface area contributed by atoms with Crippen molar-refractivity contribution >= 4 is 15.8 Å². The van der Waals surface area contributed by atoms with Crippen molar-refractivity contribution in [3.05, 3.63) is 0 Å². The van der Waals surface area contributed by atoms with E-state index in [9.17, 15) is 13.2 Å². The topological polar surface area (TPSA) is 86.5 Å². The molecule has 0 aromatic carbocycles. The molecule has 0 rings (SSSR count). The summed E-state index contributed by atoms with van der Waals surface area (Å²) in [5.41, 5.74) is 4.90. The van der Waals surface area contributed by atoms with Crippen molar-refractivity contribution in [3.63, 3.8) is 0 Å². The summed E-state index contributed by atoms with van der Waals surface area (Å²) in [4.78, 5) is 11.3. The Morgan fingerprint density at radius 1 is 1.40 bits per heavy atom. The minimum Gasteiger partial charge on any atom is -0.459 e. The van der Waals surface area contributed by atoms with Gasteiger partial charge in [-0.15, -0.1) is 0 Å². The summed E-state index contributed by atoms with van der Waals surface area (Å²) in [6, 6.07) is -0.876. The number of nitrogens with two attached hydrogens (primary N) is 1. The number of rotatable bonds is 4. The van der Waals surface area contributed by atoms with Gasteiger partial charge in [0.2, 0.25) is 0 Å². The average Bonchev–Trinajstić information content (AvgIpc) is 1.95. The van der Waals surface area contributed by atoms with Crippen molar-refractivity contribution in [2.24, 2.45) is 5.73 Å². The van der Waals surface area contributed by atoms with Gasteiger partial charge < -0.3 is 10.5 Å². The fraction of sp³-hybridized carbons (Fsp3) is 0.889. The van der Waals surface area contributed by atoms with Crippen molar-refractivity contribution in [2.75, 3.05) is 12.0 Å². The van der Waals surface area contributed by atoms with E-state index in [0.717, 1.165) is 6.26 Å². The van der Waals surface area contributed by atoms with E-state index in [1.54, 1.807) is 20.8 Å². The Kier molecular flexibility index (Phi) is 4.73. The Bertz CT molecular complexity index is 315. The number of hydrogen-bond acceptors (Lipinski definition) is 5. The van der Waals surface area contributed by atoms with Gasteiger partial charge in [-0.1, -0.05) is 0 Å². The zero-order valence-electron chi connectivity index (χ0n) is 9.61. The molecule has 1 atom stereocenters. The van der Waals surface area contributed by atoms with E-state index < -0.39 is 27.4 Å². The molecule has 0 spiro atoms. The average molecular weight is 237 g/mol. The highest BCUT2D eigenvalue weighted by atomic mass is 32.2. The molecule has 0 fully saturated rings. The Labute approximate surface area is 90.9 Å². The molecule has 0 aliphatic heterocycles. The first-order valence-corrected chi connectivity index (χ1v) is 6.73. The van der Waals surface area contributed by atoms with Crippen LogP contribution in [0.25, 0.3) is 0 Å². The van der Waals surface area contributed by atoms with Gasteiger partial charge in [-0.05, 0) is 27.2 Å².